The number of methoxy groups -OCH3 is 1. The molecule has 12 atom stereocenters. The Morgan fingerprint density at radius 2 is 1.70 bits per heavy atom. The lowest BCUT2D eigenvalue weighted by Crippen LogP contribution is -2.60. The van der Waals surface area contributed by atoms with Crippen molar-refractivity contribution in [3.8, 4) is 0 Å². The van der Waals surface area contributed by atoms with Crippen LogP contribution in [0.3, 0.4) is 0 Å². The zero-order chi connectivity index (χ0) is 36.0. The highest BCUT2D eigenvalue weighted by Gasteiger charge is 2.51. The quantitative estimate of drug-likeness (QED) is 0.286. The van der Waals surface area contributed by atoms with Crippen LogP contribution in [0.1, 0.15) is 81.6 Å². The third-order valence-corrected chi connectivity index (χ3v) is 9.46. The zero-order valence-electron chi connectivity index (χ0n) is 30.1. The highest BCUT2D eigenvalue weighted by Crippen LogP contribution is 2.39. The summed E-state index contributed by atoms with van der Waals surface area (Å²) in [4.78, 5) is 53.4. The van der Waals surface area contributed by atoms with Crippen LogP contribution in [0.4, 0.5) is 0 Å². The highest BCUT2D eigenvalue weighted by molar-refractivity contribution is 5.97. The Balaban J connectivity index is 2.74. The topological polar surface area (TPSA) is 167 Å². The second kappa shape index (κ2) is 16.8. The number of carbonyl (C=O) groups is 4. The van der Waals surface area contributed by atoms with Crippen LogP contribution in [0.5, 0.6) is 0 Å². The maximum atomic E-state index is 14.0. The van der Waals surface area contributed by atoms with Gasteiger partial charge >= 0.3 is 17.9 Å². The molecule has 2 rings (SSSR count). The van der Waals surface area contributed by atoms with Crippen molar-refractivity contribution in [1.82, 2.24) is 4.90 Å². The molecule has 2 aliphatic rings. The number of hydrogen-bond acceptors (Lipinski definition) is 13. The molecule has 0 radical (unpaired) electrons. The average Bonchev–Trinajstić information content (AvgIpc) is 2.98. The molecule has 2 heterocycles. The highest BCUT2D eigenvalue weighted by atomic mass is 16.7. The number of nitrogens with zero attached hydrogens (tertiary/aromatic N) is 1. The van der Waals surface area contributed by atoms with Crippen molar-refractivity contribution in [2.75, 3.05) is 27.8 Å². The molecule has 0 aromatic carbocycles. The van der Waals surface area contributed by atoms with E-state index >= 15 is 0 Å². The fourth-order valence-electron chi connectivity index (χ4n) is 6.70. The van der Waals surface area contributed by atoms with Crippen LogP contribution in [0.2, 0.25) is 0 Å². The third kappa shape index (κ3) is 10.3. The largest absolute Gasteiger partial charge is 0.461 e. The molecule has 270 valence electrons. The van der Waals surface area contributed by atoms with E-state index in [1.165, 1.54) is 40.9 Å². The molecule has 0 aromatic rings. The Labute approximate surface area is 279 Å². The SMILES string of the molecule is CC[C@H]1OC(=O)[C@H](C)[C@@H](O)[C@H](C)[C@@H](OC2O[C@H](C)C[C@H](N(C)C)[C@H]2OC(C)=O)[C@@](C)(OC)C[C@@H](C)C(=O)/C(COC(C)=O)=C/[C@]1(C)O. The Bertz CT molecular complexity index is 1140. The van der Waals surface area contributed by atoms with Crippen LogP contribution < -0.4 is 0 Å². The number of carbonyl (C=O) groups excluding carboxylic acids is 4. The van der Waals surface area contributed by atoms with Gasteiger partial charge in [-0.25, -0.2) is 0 Å². The molecule has 2 aliphatic heterocycles. The van der Waals surface area contributed by atoms with Crippen molar-refractivity contribution < 1.29 is 57.8 Å². The Hall–Kier alpha value is -2.42. The van der Waals surface area contributed by atoms with Gasteiger partial charge in [0.05, 0.1) is 35.9 Å². The van der Waals surface area contributed by atoms with Gasteiger partial charge in [0.15, 0.2) is 18.2 Å². The number of aliphatic hydroxyl groups excluding tert-OH is 1. The van der Waals surface area contributed by atoms with Crippen molar-refractivity contribution >= 4 is 23.7 Å². The van der Waals surface area contributed by atoms with E-state index in [1.54, 1.807) is 27.7 Å². The van der Waals surface area contributed by atoms with Crippen molar-refractivity contribution in [3.05, 3.63) is 11.6 Å². The number of ketones is 1. The van der Waals surface area contributed by atoms with Gasteiger partial charge in [0.25, 0.3) is 0 Å². The standard InChI is InChI=1S/C34H57NO12/c1-13-26-33(8,41)16-24(17-43-22(6)36)27(38)18(2)15-34(9,42-12)30(20(4)28(39)21(5)31(40)46-26)47-32-29(45-23(7)37)25(35(10)11)14-19(3)44-32/h16,18-21,25-26,28-30,32,39,41H,13-15,17H2,1-12H3/b24-16+/t18-,19-,20+,21-,25+,26-,28+,29-,30-,32?,33+,34+/m1/s1. The van der Waals surface area contributed by atoms with Gasteiger partial charge in [-0.05, 0) is 67.1 Å². The Kier molecular flexibility index (Phi) is 14.6. The Morgan fingerprint density at radius 1 is 1.09 bits per heavy atom. The number of hydrogen-bond donors (Lipinski definition) is 2. The van der Waals surface area contributed by atoms with Gasteiger partial charge in [-0.2, -0.15) is 0 Å². The first-order valence-electron chi connectivity index (χ1n) is 16.4. The molecule has 0 saturated carbocycles. The number of ether oxygens (including phenoxy) is 6. The van der Waals surface area contributed by atoms with E-state index in [4.69, 9.17) is 28.4 Å². The molecule has 0 amide bonds. The van der Waals surface area contributed by atoms with Gasteiger partial charge in [-0.1, -0.05) is 20.8 Å². The number of likely N-dealkylation sites (N-methyl/N-ethyl adjacent to an activating group) is 1. The monoisotopic (exact) mass is 671 g/mol. The van der Waals surface area contributed by atoms with Crippen molar-refractivity contribution in [1.29, 1.82) is 0 Å². The second-order valence-electron chi connectivity index (χ2n) is 13.8. The first kappa shape index (κ1) is 40.8. The molecule has 1 fully saturated rings. The minimum Gasteiger partial charge on any atom is -0.461 e. The molecule has 2 N–H and O–H groups in total. The third-order valence-electron chi connectivity index (χ3n) is 9.46. The summed E-state index contributed by atoms with van der Waals surface area (Å²) in [6, 6.07) is -0.262. The van der Waals surface area contributed by atoms with Crippen LogP contribution in [-0.4, -0.2) is 121 Å². The molecule has 1 saturated heterocycles. The molecule has 0 aromatic heterocycles. The fraction of sp³-hybridized carbons (Fsp3) is 0.824. The summed E-state index contributed by atoms with van der Waals surface area (Å²) >= 11 is 0. The molecule has 13 nitrogen and oxygen atoms in total. The minimum atomic E-state index is -1.81. The van der Waals surface area contributed by atoms with E-state index in [1.807, 2.05) is 25.9 Å². The predicted molar refractivity (Wildman–Crippen MR) is 171 cm³/mol. The molecule has 0 aliphatic carbocycles. The van der Waals surface area contributed by atoms with Crippen LogP contribution in [0, 0.1) is 17.8 Å². The fourth-order valence-corrected chi connectivity index (χ4v) is 6.70. The normalized spacial score (nSPS) is 40.5. The number of rotatable bonds is 8. The summed E-state index contributed by atoms with van der Waals surface area (Å²) in [7, 11) is 5.19. The van der Waals surface area contributed by atoms with Crippen molar-refractivity contribution in [3.63, 3.8) is 0 Å². The smallest absolute Gasteiger partial charge is 0.311 e. The maximum absolute atomic E-state index is 14.0. The second-order valence-corrected chi connectivity index (χ2v) is 13.8. The summed E-state index contributed by atoms with van der Waals surface area (Å²) in [6.07, 6.45) is -3.57. The summed E-state index contributed by atoms with van der Waals surface area (Å²) in [5, 5.41) is 23.1. The number of aliphatic hydroxyl groups is 2. The van der Waals surface area contributed by atoms with E-state index in [0.717, 1.165) is 0 Å². The molecule has 0 spiro atoms. The van der Waals surface area contributed by atoms with Gasteiger partial charge in [0, 0.05) is 38.4 Å². The van der Waals surface area contributed by atoms with E-state index in [0.29, 0.717) is 6.42 Å². The van der Waals surface area contributed by atoms with Crippen molar-refractivity contribution in [2.24, 2.45) is 17.8 Å². The minimum absolute atomic E-state index is 0.0227. The molecule has 0 bridgehead atoms. The zero-order valence-corrected chi connectivity index (χ0v) is 30.1. The summed E-state index contributed by atoms with van der Waals surface area (Å²) in [6.45, 7) is 13.7. The van der Waals surface area contributed by atoms with E-state index in [2.05, 4.69) is 0 Å². The van der Waals surface area contributed by atoms with Gasteiger partial charge in [0.1, 0.15) is 18.3 Å². The molecule has 47 heavy (non-hydrogen) atoms. The molecular weight excluding hydrogens is 614 g/mol. The lowest BCUT2D eigenvalue weighted by Gasteiger charge is -2.48. The van der Waals surface area contributed by atoms with Crippen LogP contribution in [0.25, 0.3) is 0 Å². The van der Waals surface area contributed by atoms with E-state index < -0.39 is 90.0 Å². The first-order chi connectivity index (χ1) is 21.7. The van der Waals surface area contributed by atoms with Crippen LogP contribution in [0.15, 0.2) is 11.6 Å². The summed E-state index contributed by atoms with van der Waals surface area (Å²) in [5.41, 5.74) is -3.08. The van der Waals surface area contributed by atoms with Crippen molar-refractivity contribution in [2.45, 2.75) is 136 Å². The first-order valence-corrected chi connectivity index (χ1v) is 16.4. The number of Topliss-reactive ketones (excluding diaryl/α,β-unsaturated/α-hetero) is 1. The molecule has 13 heteroatoms. The number of cyclic esters (lactones) is 1. The molecular formula is C34H57NO12. The van der Waals surface area contributed by atoms with E-state index in [9.17, 15) is 29.4 Å². The lowest BCUT2D eigenvalue weighted by molar-refractivity contribution is -0.303. The molecule has 1 unspecified atom stereocenters. The summed E-state index contributed by atoms with van der Waals surface area (Å²) in [5.74, 6) is -4.99. The van der Waals surface area contributed by atoms with Crippen LogP contribution in [-0.2, 0) is 47.6 Å². The van der Waals surface area contributed by atoms with Gasteiger partial charge in [0.2, 0.25) is 0 Å². The van der Waals surface area contributed by atoms with Gasteiger partial charge < -0.3 is 43.5 Å². The average molecular weight is 672 g/mol. The number of esters is 3. The van der Waals surface area contributed by atoms with Gasteiger partial charge in [-0.15, -0.1) is 0 Å². The lowest BCUT2D eigenvalue weighted by atomic mass is 9.76. The Morgan fingerprint density at radius 3 is 2.21 bits per heavy atom. The summed E-state index contributed by atoms with van der Waals surface area (Å²) < 4.78 is 35.7. The van der Waals surface area contributed by atoms with Crippen LogP contribution >= 0.6 is 0 Å². The van der Waals surface area contributed by atoms with E-state index in [-0.39, 0.29) is 30.6 Å². The van der Waals surface area contributed by atoms with Gasteiger partial charge in [-0.3, -0.25) is 19.2 Å². The maximum Gasteiger partial charge on any atom is 0.311 e. The predicted octanol–water partition coefficient (Wildman–Crippen LogP) is 2.58.